The van der Waals surface area contributed by atoms with Gasteiger partial charge in [0.15, 0.2) is 5.79 Å². The van der Waals surface area contributed by atoms with Gasteiger partial charge in [-0.25, -0.2) is 0 Å². The van der Waals surface area contributed by atoms with E-state index in [0.29, 0.717) is 19.8 Å². The van der Waals surface area contributed by atoms with E-state index in [-0.39, 0.29) is 30.5 Å². The molecule has 0 amide bonds. The van der Waals surface area contributed by atoms with E-state index in [9.17, 15) is 0 Å². The van der Waals surface area contributed by atoms with Gasteiger partial charge in [-0.1, -0.05) is 24.3 Å². The van der Waals surface area contributed by atoms with E-state index in [0.717, 1.165) is 22.6 Å². The first kappa shape index (κ1) is 24.0. The lowest BCUT2D eigenvalue weighted by Gasteiger charge is -2.50. The Labute approximate surface area is 195 Å². The van der Waals surface area contributed by atoms with E-state index in [2.05, 4.69) is 0 Å². The van der Waals surface area contributed by atoms with Crippen molar-refractivity contribution in [1.29, 1.82) is 0 Å². The average Bonchev–Trinajstić information content (AvgIpc) is 2.82. The number of hydrogen-bond acceptors (Lipinski definition) is 7. The van der Waals surface area contributed by atoms with Gasteiger partial charge in [-0.3, -0.25) is 0 Å². The fraction of sp³-hybridized carbons (Fsp3) is 0.538. The second-order valence-electron chi connectivity index (χ2n) is 8.92. The van der Waals surface area contributed by atoms with Crippen LogP contribution in [0.4, 0.5) is 0 Å². The molecule has 5 unspecified atom stereocenters. The molecule has 0 radical (unpaired) electrons. The van der Waals surface area contributed by atoms with Crippen molar-refractivity contribution in [1.82, 2.24) is 0 Å². The monoisotopic (exact) mass is 458 g/mol. The number of ether oxygens (including phenoxy) is 7. The van der Waals surface area contributed by atoms with Gasteiger partial charge in [-0.2, -0.15) is 0 Å². The largest absolute Gasteiger partial charge is 0.497 e. The Balaban J connectivity index is 1.50. The summed E-state index contributed by atoms with van der Waals surface area (Å²) in [6.07, 6.45) is -1.32. The molecule has 4 rings (SSSR count). The Morgan fingerprint density at radius 2 is 1.33 bits per heavy atom. The summed E-state index contributed by atoms with van der Waals surface area (Å²) >= 11 is 0. The molecule has 2 saturated heterocycles. The number of hydrogen-bond donors (Lipinski definition) is 0. The number of benzene rings is 2. The lowest BCUT2D eigenvalue weighted by atomic mass is 9.94. The van der Waals surface area contributed by atoms with Crippen molar-refractivity contribution in [3.8, 4) is 11.5 Å². The maximum atomic E-state index is 6.47. The van der Waals surface area contributed by atoms with Gasteiger partial charge >= 0.3 is 0 Å². The van der Waals surface area contributed by atoms with Crippen molar-refractivity contribution in [2.75, 3.05) is 20.8 Å². The molecule has 7 nitrogen and oxygen atoms in total. The topological polar surface area (TPSA) is 64.6 Å². The average molecular weight is 459 g/mol. The summed E-state index contributed by atoms with van der Waals surface area (Å²) in [7, 11) is 3.31. The highest BCUT2D eigenvalue weighted by Gasteiger charge is 2.51. The molecule has 180 valence electrons. The molecule has 2 aromatic carbocycles. The summed E-state index contributed by atoms with van der Waals surface area (Å²) in [4.78, 5) is 0. The van der Waals surface area contributed by atoms with Crippen molar-refractivity contribution in [2.24, 2.45) is 0 Å². The summed E-state index contributed by atoms with van der Waals surface area (Å²) in [6.45, 7) is 7.15. The quantitative estimate of drug-likeness (QED) is 0.590. The number of rotatable bonds is 8. The van der Waals surface area contributed by atoms with Crippen LogP contribution in [0.2, 0.25) is 0 Å². The van der Waals surface area contributed by atoms with Crippen LogP contribution in [0.5, 0.6) is 11.5 Å². The predicted molar refractivity (Wildman–Crippen MR) is 122 cm³/mol. The van der Waals surface area contributed by atoms with Gasteiger partial charge in [-0.15, -0.1) is 0 Å². The standard InChI is InChI=1S/C26H34O7/c1-17-23(29-14-18-6-10-20(27-4)11-7-18)25(24-22(32-17)16-31-26(2,3)33-24)30-15-19-8-12-21(28-5)13-9-19/h6-13,17,22-25H,14-16H2,1-5H3. The van der Waals surface area contributed by atoms with Gasteiger partial charge in [0.25, 0.3) is 0 Å². The lowest BCUT2D eigenvalue weighted by molar-refractivity contribution is -0.364. The summed E-state index contributed by atoms with van der Waals surface area (Å²) in [6, 6.07) is 15.7. The zero-order chi connectivity index (χ0) is 23.4. The minimum Gasteiger partial charge on any atom is -0.497 e. The van der Waals surface area contributed by atoms with Crippen LogP contribution in [0, 0.1) is 0 Å². The van der Waals surface area contributed by atoms with E-state index in [1.54, 1.807) is 14.2 Å². The maximum Gasteiger partial charge on any atom is 0.163 e. The summed E-state index contributed by atoms with van der Waals surface area (Å²) < 4.78 is 41.7. The molecule has 2 fully saturated rings. The van der Waals surface area contributed by atoms with Crippen LogP contribution in [0.15, 0.2) is 48.5 Å². The Morgan fingerprint density at radius 1 is 0.818 bits per heavy atom. The Hall–Kier alpha value is -2.16. The second-order valence-corrected chi connectivity index (χ2v) is 8.92. The summed E-state index contributed by atoms with van der Waals surface area (Å²) in [5.74, 6) is 0.913. The first-order valence-corrected chi connectivity index (χ1v) is 11.3. The molecule has 5 atom stereocenters. The number of methoxy groups -OCH3 is 2. The molecule has 0 spiro atoms. The fourth-order valence-electron chi connectivity index (χ4n) is 4.27. The molecule has 2 aliphatic heterocycles. The molecule has 0 aromatic heterocycles. The SMILES string of the molecule is COc1ccc(COC2C(C)OC3COC(C)(C)OC3C2OCc2ccc(OC)cc2)cc1. The van der Waals surface area contributed by atoms with Crippen molar-refractivity contribution in [2.45, 2.75) is 70.3 Å². The van der Waals surface area contributed by atoms with Crippen LogP contribution in [-0.4, -0.2) is 57.1 Å². The molecule has 2 heterocycles. The highest BCUT2D eigenvalue weighted by molar-refractivity contribution is 5.27. The number of fused-ring (bicyclic) bond motifs is 1. The zero-order valence-electron chi connectivity index (χ0n) is 20.0. The second kappa shape index (κ2) is 10.4. The van der Waals surface area contributed by atoms with Gasteiger partial charge in [-0.05, 0) is 56.2 Å². The third-order valence-corrected chi connectivity index (χ3v) is 6.08. The Kier molecular flexibility index (Phi) is 7.56. The molecule has 2 aliphatic rings. The Bertz CT molecular complexity index is 881. The van der Waals surface area contributed by atoms with Gasteiger partial charge < -0.3 is 33.2 Å². The van der Waals surface area contributed by atoms with Crippen LogP contribution in [0.1, 0.15) is 31.9 Å². The predicted octanol–water partition coefficient (Wildman–Crippen LogP) is 4.11. The van der Waals surface area contributed by atoms with Crippen LogP contribution in [0.3, 0.4) is 0 Å². The minimum absolute atomic E-state index is 0.182. The van der Waals surface area contributed by atoms with Crippen molar-refractivity contribution in [3.63, 3.8) is 0 Å². The van der Waals surface area contributed by atoms with Gasteiger partial charge in [0.1, 0.15) is 35.9 Å². The minimum atomic E-state index is -0.715. The summed E-state index contributed by atoms with van der Waals surface area (Å²) in [5.41, 5.74) is 2.10. The molecule has 33 heavy (non-hydrogen) atoms. The van der Waals surface area contributed by atoms with Crippen molar-refractivity contribution < 1.29 is 33.2 Å². The van der Waals surface area contributed by atoms with Gasteiger partial charge in [0.05, 0.1) is 40.1 Å². The smallest absolute Gasteiger partial charge is 0.163 e. The van der Waals surface area contributed by atoms with Crippen molar-refractivity contribution >= 4 is 0 Å². The summed E-state index contributed by atoms with van der Waals surface area (Å²) in [5, 5.41) is 0. The van der Waals surface area contributed by atoms with E-state index in [1.807, 2.05) is 69.3 Å². The molecular weight excluding hydrogens is 424 g/mol. The molecule has 2 aromatic rings. The van der Waals surface area contributed by atoms with Crippen LogP contribution in [-0.2, 0) is 36.9 Å². The molecule has 0 bridgehead atoms. The highest BCUT2D eigenvalue weighted by atomic mass is 16.7. The first-order chi connectivity index (χ1) is 15.9. The van der Waals surface area contributed by atoms with Crippen LogP contribution < -0.4 is 9.47 Å². The maximum absolute atomic E-state index is 6.47. The molecule has 0 N–H and O–H groups in total. The first-order valence-electron chi connectivity index (χ1n) is 11.3. The normalized spacial score (nSPS) is 28.7. The highest BCUT2D eigenvalue weighted by Crippen LogP contribution is 2.35. The molecule has 0 aliphatic carbocycles. The molecule has 7 heteroatoms. The fourth-order valence-corrected chi connectivity index (χ4v) is 4.27. The van der Waals surface area contributed by atoms with Crippen LogP contribution >= 0.6 is 0 Å². The van der Waals surface area contributed by atoms with Gasteiger partial charge in [0.2, 0.25) is 0 Å². The zero-order valence-corrected chi connectivity index (χ0v) is 20.0. The van der Waals surface area contributed by atoms with Gasteiger partial charge in [0, 0.05) is 0 Å². The van der Waals surface area contributed by atoms with Crippen molar-refractivity contribution in [3.05, 3.63) is 59.7 Å². The molecular formula is C26H34O7. The molecule has 0 saturated carbocycles. The lowest BCUT2D eigenvalue weighted by Crippen LogP contribution is -2.64. The third-order valence-electron chi connectivity index (χ3n) is 6.08. The van der Waals surface area contributed by atoms with E-state index in [4.69, 9.17) is 33.2 Å². The van der Waals surface area contributed by atoms with E-state index in [1.165, 1.54) is 0 Å². The van der Waals surface area contributed by atoms with Crippen LogP contribution in [0.25, 0.3) is 0 Å². The van der Waals surface area contributed by atoms with E-state index >= 15 is 0 Å². The third kappa shape index (κ3) is 5.86. The van der Waals surface area contributed by atoms with E-state index < -0.39 is 5.79 Å². The Morgan fingerprint density at radius 3 is 1.85 bits per heavy atom.